The zero-order valence-electron chi connectivity index (χ0n) is 16.4. The smallest absolute Gasteiger partial charge is 0.344 e. The Kier molecular flexibility index (Phi) is 7.46. The van der Waals surface area contributed by atoms with Gasteiger partial charge < -0.3 is 14.2 Å². The molecule has 1 aromatic heterocycles. The quantitative estimate of drug-likeness (QED) is 0.363. The number of aryl methyl sites for hydroxylation is 3. The molecule has 0 aliphatic carbocycles. The van der Waals surface area contributed by atoms with Crippen molar-refractivity contribution in [2.24, 2.45) is 7.05 Å². The first-order chi connectivity index (χ1) is 13.2. The second-order valence-corrected chi connectivity index (χ2v) is 6.97. The molecule has 1 aromatic carbocycles. The maximum atomic E-state index is 13.2. The molecule has 0 spiro atoms. The lowest BCUT2D eigenvalue weighted by molar-refractivity contribution is -0.147. The molecule has 0 unspecified atom stereocenters. The summed E-state index contributed by atoms with van der Waals surface area (Å²) in [6.07, 6.45) is 0. The van der Waals surface area contributed by atoms with Gasteiger partial charge in [0.15, 0.2) is 6.61 Å². The number of methoxy groups -OCH3 is 1. The van der Waals surface area contributed by atoms with E-state index in [-0.39, 0.29) is 42.1 Å². The minimum atomic E-state index is -0.578. The zero-order chi connectivity index (χ0) is 21.0. The van der Waals surface area contributed by atoms with Gasteiger partial charge in [-0.15, -0.1) is 0 Å². The van der Waals surface area contributed by atoms with Gasteiger partial charge in [-0.2, -0.15) is 5.10 Å². The first-order valence-corrected chi connectivity index (χ1v) is 9.25. The second-order valence-electron chi connectivity index (χ2n) is 6.21. The molecule has 0 fully saturated rings. The number of hydrogen-bond donors (Lipinski definition) is 0. The Bertz CT molecular complexity index is 908. The molecule has 7 nitrogen and oxygen atoms in total. The Morgan fingerprint density at radius 1 is 1.14 bits per heavy atom. The number of aromatic nitrogens is 2. The molecular weight excluding hydrogens is 407 g/mol. The summed E-state index contributed by atoms with van der Waals surface area (Å²) in [5.74, 6) is -0.778. The van der Waals surface area contributed by atoms with Crippen molar-refractivity contribution in [3.05, 3.63) is 44.1 Å². The van der Waals surface area contributed by atoms with Crippen LogP contribution in [0.15, 0.2) is 6.07 Å². The topological polar surface area (TPSA) is 79.7 Å². The maximum absolute atomic E-state index is 13.2. The van der Waals surface area contributed by atoms with Crippen LogP contribution in [0.2, 0.25) is 10.0 Å². The van der Waals surface area contributed by atoms with E-state index in [1.807, 2.05) is 0 Å². The molecule has 0 aliphatic heterocycles. The van der Waals surface area contributed by atoms with Crippen molar-refractivity contribution in [3.63, 3.8) is 0 Å². The third-order valence-electron chi connectivity index (χ3n) is 4.12. The molecule has 0 saturated carbocycles. The lowest BCUT2D eigenvalue weighted by Gasteiger charge is -2.12. The van der Waals surface area contributed by atoms with Crippen LogP contribution in [0.25, 0.3) is 0 Å². The number of rotatable bonds is 8. The summed E-state index contributed by atoms with van der Waals surface area (Å²) in [5.41, 5.74) is 2.34. The van der Waals surface area contributed by atoms with E-state index < -0.39 is 5.97 Å². The molecule has 0 radical (unpaired) electrons. The number of ketones is 1. The highest BCUT2D eigenvalue weighted by molar-refractivity contribution is 6.39. The second kappa shape index (κ2) is 9.41. The van der Waals surface area contributed by atoms with Crippen molar-refractivity contribution in [3.8, 4) is 5.88 Å². The van der Waals surface area contributed by atoms with Crippen molar-refractivity contribution in [1.82, 2.24) is 9.78 Å². The lowest BCUT2D eigenvalue weighted by atomic mass is 9.99. The molecule has 152 valence electrons. The fourth-order valence-electron chi connectivity index (χ4n) is 2.71. The van der Waals surface area contributed by atoms with Crippen molar-refractivity contribution in [2.75, 3.05) is 26.9 Å². The van der Waals surface area contributed by atoms with Crippen LogP contribution >= 0.6 is 23.2 Å². The van der Waals surface area contributed by atoms with Crippen LogP contribution < -0.4 is 4.74 Å². The molecule has 0 amide bonds. The molecular formula is C19H22Cl2N2O5. The Labute approximate surface area is 173 Å². The van der Waals surface area contributed by atoms with Gasteiger partial charge in [-0.1, -0.05) is 23.2 Å². The van der Waals surface area contributed by atoms with Gasteiger partial charge in [-0.25, -0.2) is 9.48 Å². The molecule has 2 aromatic rings. The molecule has 1 heterocycles. The highest BCUT2D eigenvalue weighted by Gasteiger charge is 2.26. The highest BCUT2D eigenvalue weighted by atomic mass is 35.5. The average molecular weight is 429 g/mol. The Morgan fingerprint density at radius 2 is 1.82 bits per heavy atom. The van der Waals surface area contributed by atoms with Gasteiger partial charge in [0.25, 0.3) is 0 Å². The Morgan fingerprint density at radius 3 is 2.46 bits per heavy atom. The molecule has 0 saturated heterocycles. The summed E-state index contributed by atoms with van der Waals surface area (Å²) >= 11 is 12.6. The number of esters is 1. The first kappa shape index (κ1) is 22.2. The minimum Gasteiger partial charge on any atom is -0.465 e. The van der Waals surface area contributed by atoms with E-state index in [0.717, 1.165) is 5.56 Å². The minimum absolute atomic E-state index is 0.119. The summed E-state index contributed by atoms with van der Waals surface area (Å²) in [6, 6.07) is 1.63. The molecule has 2 rings (SSSR count). The summed E-state index contributed by atoms with van der Waals surface area (Å²) in [5, 5.41) is 5.02. The maximum Gasteiger partial charge on any atom is 0.344 e. The van der Waals surface area contributed by atoms with Crippen molar-refractivity contribution in [2.45, 2.75) is 20.8 Å². The number of nitrogens with zero attached hydrogens (tertiary/aromatic N) is 2. The third-order valence-corrected chi connectivity index (χ3v) is 5.19. The standard InChI is InChI=1S/C19H22Cl2N2O5/c1-10-8-13(17(21)11(2)16(10)20)18(25)15-12(3)22-23(4)19(15)28-9-14(24)27-7-6-26-5/h8H,6-7,9H2,1-5H3. The van der Waals surface area contributed by atoms with Gasteiger partial charge in [0.2, 0.25) is 11.7 Å². The molecule has 0 bridgehead atoms. The zero-order valence-corrected chi connectivity index (χ0v) is 17.9. The molecule has 0 atom stereocenters. The Balaban J connectivity index is 2.32. The number of hydrogen-bond acceptors (Lipinski definition) is 6. The molecule has 9 heteroatoms. The van der Waals surface area contributed by atoms with Crippen LogP contribution in [0.5, 0.6) is 5.88 Å². The molecule has 0 N–H and O–H groups in total. The third kappa shape index (κ3) is 4.66. The van der Waals surface area contributed by atoms with Gasteiger partial charge in [0, 0.05) is 24.7 Å². The van der Waals surface area contributed by atoms with E-state index >= 15 is 0 Å². The Hall–Kier alpha value is -2.09. The van der Waals surface area contributed by atoms with Crippen LogP contribution in [-0.2, 0) is 21.3 Å². The van der Waals surface area contributed by atoms with Crippen LogP contribution in [0.4, 0.5) is 0 Å². The van der Waals surface area contributed by atoms with Crippen LogP contribution in [-0.4, -0.2) is 48.5 Å². The lowest BCUT2D eigenvalue weighted by Crippen LogP contribution is -2.19. The monoisotopic (exact) mass is 428 g/mol. The summed E-state index contributed by atoms with van der Waals surface area (Å²) < 4.78 is 16.7. The van der Waals surface area contributed by atoms with Gasteiger partial charge in [0.1, 0.15) is 12.2 Å². The van der Waals surface area contributed by atoms with E-state index in [0.29, 0.717) is 21.8 Å². The largest absolute Gasteiger partial charge is 0.465 e. The highest BCUT2D eigenvalue weighted by Crippen LogP contribution is 2.34. The predicted molar refractivity (Wildman–Crippen MR) is 106 cm³/mol. The summed E-state index contributed by atoms with van der Waals surface area (Å²) in [4.78, 5) is 25.0. The van der Waals surface area contributed by atoms with Crippen molar-refractivity contribution < 1.29 is 23.8 Å². The SMILES string of the molecule is COCCOC(=O)COc1c(C(=O)c2cc(C)c(Cl)c(C)c2Cl)c(C)nn1C. The normalized spacial score (nSPS) is 10.8. The van der Waals surface area contributed by atoms with Gasteiger partial charge in [-0.05, 0) is 38.0 Å². The fourth-order valence-corrected chi connectivity index (χ4v) is 3.14. The van der Waals surface area contributed by atoms with E-state index in [1.54, 1.807) is 33.9 Å². The van der Waals surface area contributed by atoms with Gasteiger partial charge >= 0.3 is 5.97 Å². The first-order valence-electron chi connectivity index (χ1n) is 8.49. The van der Waals surface area contributed by atoms with E-state index in [2.05, 4.69) is 5.10 Å². The van der Waals surface area contributed by atoms with E-state index in [9.17, 15) is 9.59 Å². The van der Waals surface area contributed by atoms with Gasteiger partial charge in [-0.3, -0.25) is 4.79 Å². The summed E-state index contributed by atoms with van der Waals surface area (Å²) in [7, 11) is 3.13. The molecule has 0 aliphatic rings. The number of halogens is 2. The molecule has 28 heavy (non-hydrogen) atoms. The van der Waals surface area contributed by atoms with E-state index in [1.165, 1.54) is 11.8 Å². The number of carbonyl (C=O) groups excluding carboxylic acids is 2. The van der Waals surface area contributed by atoms with Gasteiger partial charge in [0.05, 0.1) is 17.3 Å². The fraction of sp³-hybridized carbons (Fsp3) is 0.421. The summed E-state index contributed by atoms with van der Waals surface area (Å²) in [6.45, 7) is 5.27. The van der Waals surface area contributed by atoms with Crippen molar-refractivity contribution >= 4 is 35.0 Å². The predicted octanol–water partition coefficient (Wildman–Crippen LogP) is 3.45. The number of carbonyl (C=O) groups is 2. The van der Waals surface area contributed by atoms with Crippen LogP contribution in [0, 0.1) is 20.8 Å². The van der Waals surface area contributed by atoms with E-state index in [4.69, 9.17) is 37.4 Å². The van der Waals surface area contributed by atoms with Crippen LogP contribution in [0.3, 0.4) is 0 Å². The van der Waals surface area contributed by atoms with Crippen LogP contribution in [0.1, 0.15) is 32.7 Å². The number of benzene rings is 1. The number of ether oxygens (including phenoxy) is 3. The average Bonchev–Trinajstić information content (AvgIpc) is 2.94. The van der Waals surface area contributed by atoms with Crippen molar-refractivity contribution in [1.29, 1.82) is 0 Å².